The van der Waals surface area contributed by atoms with E-state index in [1.54, 1.807) is 6.07 Å². The van der Waals surface area contributed by atoms with Gasteiger partial charge in [-0.15, -0.1) is 0 Å². The Balaban J connectivity index is 2.89. The van der Waals surface area contributed by atoms with Crippen LogP contribution in [0.1, 0.15) is 29.9 Å². The van der Waals surface area contributed by atoms with E-state index in [9.17, 15) is 4.79 Å². The van der Waals surface area contributed by atoms with Crippen molar-refractivity contribution in [2.45, 2.75) is 27.3 Å². The monoisotopic (exact) mass is 181 g/mol. The van der Waals surface area contributed by atoms with Gasteiger partial charge >= 0.3 is 5.97 Å². The van der Waals surface area contributed by atoms with Gasteiger partial charge in [-0.2, -0.15) is 0 Å². The number of nitrogens with zero attached hydrogens (tertiary/aromatic N) is 1. The Morgan fingerprint density at radius 3 is 2.69 bits per heavy atom. The molecule has 13 heavy (non-hydrogen) atoms. The molecule has 0 aromatic carbocycles. The molecule has 0 radical (unpaired) electrons. The molecular weight excluding hydrogens is 166 g/mol. The Labute approximate surface area is 78.3 Å². The molecule has 0 saturated carbocycles. The number of hydrogen-bond acceptors (Lipinski definition) is 2. The van der Waals surface area contributed by atoms with Gasteiger partial charge in [0.1, 0.15) is 0 Å². The van der Waals surface area contributed by atoms with Gasteiger partial charge in [0.25, 0.3) is 0 Å². The molecule has 1 aromatic rings. The molecule has 0 bridgehead atoms. The first-order valence-corrected chi connectivity index (χ1v) is 4.53. The third-order valence-corrected chi connectivity index (χ3v) is 2.08. The summed E-state index contributed by atoms with van der Waals surface area (Å²) >= 11 is 0. The Kier molecular flexibility index (Phi) is 3.12. The summed E-state index contributed by atoms with van der Waals surface area (Å²) in [5.74, 6) is -0.229. The maximum Gasteiger partial charge on any atom is 0.339 e. The van der Waals surface area contributed by atoms with E-state index in [2.05, 4.69) is 0 Å². The molecule has 0 amide bonds. The number of aromatic nitrogens is 1. The summed E-state index contributed by atoms with van der Waals surface area (Å²) in [5, 5.41) is 0. The molecule has 0 aliphatic rings. The van der Waals surface area contributed by atoms with Gasteiger partial charge in [0.15, 0.2) is 0 Å². The normalized spacial score (nSPS) is 10.1. The summed E-state index contributed by atoms with van der Waals surface area (Å²) in [6.45, 7) is 7.09. The molecule has 1 aromatic heterocycles. The largest absolute Gasteiger partial charge is 0.462 e. The Morgan fingerprint density at radius 1 is 1.54 bits per heavy atom. The standard InChI is InChI=1S/C10H15NO2/c1-4-11-7-6-9(8(11)3)10(12)13-5-2/h6-7H,4-5H2,1-3H3. The molecule has 0 atom stereocenters. The lowest BCUT2D eigenvalue weighted by Crippen LogP contribution is -2.06. The van der Waals surface area contributed by atoms with Crippen LogP contribution in [0.3, 0.4) is 0 Å². The number of ether oxygens (including phenoxy) is 1. The number of rotatable bonds is 3. The predicted octanol–water partition coefficient (Wildman–Crippen LogP) is 1.99. The predicted molar refractivity (Wildman–Crippen MR) is 50.8 cm³/mol. The number of hydrogen-bond donors (Lipinski definition) is 0. The first-order chi connectivity index (χ1) is 6.20. The minimum absolute atomic E-state index is 0.229. The molecular formula is C10H15NO2. The summed E-state index contributed by atoms with van der Waals surface area (Å²) in [6.07, 6.45) is 1.90. The van der Waals surface area contributed by atoms with Gasteiger partial charge in [0.2, 0.25) is 0 Å². The summed E-state index contributed by atoms with van der Waals surface area (Å²) < 4.78 is 6.93. The second-order valence-electron chi connectivity index (χ2n) is 2.82. The highest BCUT2D eigenvalue weighted by Crippen LogP contribution is 2.10. The molecule has 0 unspecified atom stereocenters. The number of carbonyl (C=O) groups excluding carboxylic acids is 1. The van der Waals surface area contributed by atoms with E-state index in [4.69, 9.17) is 4.74 Å². The van der Waals surface area contributed by atoms with Crippen LogP contribution in [-0.2, 0) is 11.3 Å². The molecule has 0 N–H and O–H groups in total. The van der Waals surface area contributed by atoms with Crippen LogP contribution in [0.15, 0.2) is 12.3 Å². The minimum atomic E-state index is -0.229. The molecule has 0 aliphatic heterocycles. The van der Waals surface area contributed by atoms with Crippen molar-refractivity contribution in [3.63, 3.8) is 0 Å². The third kappa shape index (κ3) is 1.91. The van der Waals surface area contributed by atoms with Crippen molar-refractivity contribution in [2.75, 3.05) is 6.61 Å². The first-order valence-electron chi connectivity index (χ1n) is 4.53. The Morgan fingerprint density at radius 2 is 2.23 bits per heavy atom. The van der Waals surface area contributed by atoms with E-state index in [-0.39, 0.29) is 5.97 Å². The maximum absolute atomic E-state index is 11.4. The highest BCUT2D eigenvalue weighted by molar-refractivity contribution is 5.90. The molecule has 0 saturated heterocycles. The molecule has 72 valence electrons. The first kappa shape index (κ1) is 9.84. The quantitative estimate of drug-likeness (QED) is 0.668. The summed E-state index contributed by atoms with van der Waals surface area (Å²) in [4.78, 5) is 11.4. The van der Waals surface area contributed by atoms with E-state index in [1.165, 1.54) is 0 Å². The summed E-state index contributed by atoms with van der Waals surface area (Å²) in [6, 6.07) is 1.80. The lowest BCUT2D eigenvalue weighted by Gasteiger charge is -2.03. The van der Waals surface area contributed by atoms with Crippen molar-refractivity contribution in [1.29, 1.82) is 0 Å². The number of aryl methyl sites for hydroxylation is 1. The maximum atomic E-state index is 11.4. The van der Waals surface area contributed by atoms with E-state index < -0.39 is 0 Å². The van der Waals surface area contributed by atoms with E-state index in [0.29, 0.717) is 12.2 Å². The zero-order chi connectivity index (χ0) is 9.84. The van der Waals surface area contributed by atoms with Crippen LogP contribution in [0.2, 0.25) is 0 Å². The third-order valence-electron chi connectivity index (χ3n) is 2.08. The molecule has 1 heterocycles. The second kappa shape index (κ2) is 4.12. The van der Waals surface area contributed by atoms with Crippen molar-refractivity contribution >= 4 is 5.97 Å². The molecule has 3 nitrogen and oxygen atoms in total. The van der Waals surface area contributed by atoms with Gasteiger partial charge in [0, 0.05) is 18.4 Å². The highest BCUT2D eigenvalue weighted by atomic mass is 16.5. The van der Waals surface area contributed by atoms with Gasteiger partial charge in [-0.1, -0.05) is 0 Å². The van der Waals surface area contributed by atoms with E-state index in [1.807, 2.05) is 31.5 Å². The Hall–Kier alpha value is -1.25. The van der Waals surface area contributed by atoms with Crippen molar-refractivity contribution in [3.05, 3.63) is 23.5 Å². The second-order valence-corrected chi connectivity index (χ2v) is 2.82. The average molecular weight is 181 g/mol. The SMILES string of the molecule is CCOC(=O)c1ccn(CC)c1C. The summed E-state index contributed by atoms with van der Waals surface area (Å²) in [5.41, 5.74) is 1.64. The van der Waals surface area contributed by atoms with Crippen LogP contribution in [0.4, 0.5) is 0 Å². The topological polar surface area (TPSA) is 31.2 Å². The molecule has 0 fully saturated rings. The number of esters is 1. The fraction of sp³-hybridized carbons (Fsp3) is 0.500. The Bertz CT molecular complexity index is 302. The van der Waals surface area contributed by atoms with Crippen LogP contribution in [0.25, 0.3) is 0 Å². The van der Waals surface area contributed by atoms with Crippen LogP contribution in [-0.4, -0.2) is 17.1 Å². The summed E-state index contributed by atoms with van der Waals surface area (Å²) in [7, 11) is 0. The zero-order valence-electron chi connectivity index (χ0n) is 8.33. The zero-order valence-corrected chi connectivity index (χ0v) is 8.33. The van der Waals surface area contributed by atoms with Gasteiger partial charge < -0.3 is 9.30 Å². The van der Waals surface area contributed by atoms with Gasteiger partial charge in [0.05, 0.1) is 12.2 Å². The van der Waals surface area contributed by atoms with E-state index >= 15 is 0 Å². The van der Waals surface area contributed by atoms with Gasteiger partial charge in [-0.25, -0.2) is 4.79 Å². The fourth-order valence-electron chi connectivity index (χ4n) is 1.32. The average Bonchev–Trinajstić information content (AvgIpc) is 2.47. The van der Waals surface area contributed by atoms with Crippen molar-refractivity contribution < 1.29 is 9.53 Å². The lowest BCUT2D eigenvalue weighted by molar-refractivity contribution is 0.0525. The lowest BCUT2D eigenvalue weighted by atomic mass is 10.2. The van der Waals surface area contributed by atoms with Crippen molar-refractivity contribution in [3.8, 4) is 0 Å². The van der Waals surface area contributed by atoms with Crippen LogP contribution < -0.4 is 0 Å². The highest BCUT2D eigenvalue weighted by Gasteiger charge is 2.12. The molecule has 0 aliphatic carbocycles. The molecule has 3 heteroatoms. The van der Waals surface area contributed by atoms with Crippen LogP contribution >= 0.6 is 0 Å². The van der Waals surface area contributed by atoms with Crippen molar-refractivity contribution in [1.82, 2.24) is 4.57 Å². The fourth-order valence-corrected chi connectivity index (χ4v) is 1.32. The molecule has 0 spiro atoms. The van der Waals surface area contributed by atoms with Crippen LogP contribution in [0.5, 0.6) is 0 Å². The minimum Gasteiger partial charge on any atom is -0.462 e. The van der Waals surface area contributed by atoms with Gasteiger partial charge in [-0.3, -0.25) is 0 Å². The van der Waals surface area contributed by atoms with Gasteiger partial charge in [-0.05, 0) is 26.8 Å². The van der Waals surface area contributed by atoms with E-state index in [0.717, 1.165) is 12.2 Å². The smallest absolute Gasteiger partial charge is 0.339 e. The number of carbonyl (C=O) groups is 1. The molecule has 1 rings (SSSR count). The van der Waals surface area contributed by atoms with Crippen LogP contribution in [0, 0.1) is 6.92 Å². The van der Waals surface area contributed by atoms with Crippen molar-refractivity contribution in [2.24, 2.45) is 0 Å².